The average Bonchev–Trinajstić information content (AvgIpc) is 2.57. The molecule has 0 unspecified atom stereocenters. The fourth-order valence-corrected chi connectivity index (χ4v) is 2.11. The third-order valence-corrected chi connectivity index (χ3v) is 3.53. The van der Waals surface area contributed by atoms with Crippen LogP contribution >= 0.6 is 23.2 Å². The molecule has 0 radical (unpaired) electrons. The summed E-state index contributed by atoms with van der Waals surface area (Å²) in [6.45, 7) is 4.25. The van der Waals surface area contributed by atoms with Gasteiger partial charge in [0.2, 0.25) is 0 Å². The van der Waals surface area contributed by atoms with Crippen molar-refractivity contribution in [2.24, 2.45) is 5.73 Å². The van der Waals surface area contributed by atoms with E-state index < -0.39 is 0 Å². The Balaban J connectivity index is 2.57. The van der Waals surface area contributed by atoms with E-state index in [1.54, 1.807) is 4.68 Å². The van der Waals surface area contributed by atoms with E-state index in [4.69, 9.17) is 28.9 Å². The molecule has 0 amide bonds. The van der Waals surface area contributed by atoms with Crippen molar-refractivity contribution in [1.82, 2.24) is 9.78 Å². The van der Waals surface area contributed by atoms with Gasteiger partial charge in [0.05, 0.1) is 27.1 Å². The number of aryl methyl sites for hydroxylation is 1. The topological polar surface area (TPSA) is 43.8 Å². The molecule has 0 aliphatic rings. The molecule has 2 N–H and O–H groups in total. The van der Waals surface area contributed by atoms with Crippen LogP contribution in [0.25, 0.3) is 5.69 Å². The predicted octanol–water partition coefficient (Wildman–Crippen LogP) is 3.25. The van der Waals surface area contributed by atoms with Gasteiger partial charge in [-0.3, -0.25) is 0 Å². The second kappa shape index (κ2) is 4.69. The van der Waals surface area contributed by atoms with Crippen LogP contribution in [0.15, 0.2) is 18.2 Å². The van der Waals surface area contributed by atoms with Crippen LogP contribution in [-0.2, 0) is 6.54 Å². The van der Waals surface area contributed by atoms with Crippen LogP contribution in [0.1, 0.15) is 17.0 Å². The van der Waals surface area contributed by atoms with Gasteiger partial charge in [0, 0.05) is 6.54 Å². The van der Waals surface area contributed by atoms with E-state index in [9.17, 15) is 0 Å². The molecule has 0 atom stereocenters. The quantitative estimate of drug-likeness (QED) is 0.910. The lowest BCUT2D eigenvalue weighted by Gasteiger charge is -2.08. The third-order valence-electron chi connectivity index (χ3n) is 2.68. The zero-order chi connectivity index (χ0) is 12.6. The van der Waals surface area contributed by atoms with Gasteiger partial charge in [-0.25, -0.2) is 4.68 Å². The first-order chi connectivity index (χ1) is 8.04. The van der Waals surface area contributed by atoms with Gasteiger partial charge < -0.3 is 5.73 Å². The Hall–Kier alpha value is -1.03. The highest BCUT2D eigenvalue weighted by atomic mass is 35.5. The van der Waals surface area contributed by atoms with E-state index in [0.29, 0.717) is 16.6 Å². The summed E-state index contributed by atoms with van der Waals surface area (Å²) in [6.07, 6.45) is 0. The number of hydrogen-bond acceptors (Lipinski definition) is 2. The highest BCUT2D eigenvalue weighted by molar-refractivity contribution is 6.33. The highest BCUT2D eigenvalue weighted by Crippen LogP contribution is 2.27. The number of aromatic nitrogens is 2. The summed E-state index contributed by atoms with van der Waals surface area (Å²) < 4.78 is 1.75. The summed E-state index contributed by atoms with van der Waals surface area (Å²) in [5, 5.41) is 5.66. The Kier molecular flexibility index (Phi) is 3.43. The fraction of sp³-hybridized carbons (Fsp3) is 0.250. The van der Waals surface area contributed by atoms with E-state index in [0.717, 1.165) is 22.6 Å². The molecular formula is C12H13Cl2N3. The summed E-state index contributed by atoms with van der Waals surface area (Å²) in [4.78, 5) is 0. The molecule has 0 fully saturated rings. The molecule has 0 bridgehead atoms. The summed E-state index contributed by atoms with van der Waals surface area (Å²) >= 11 is 12.3. The van der Waals surface area contributed by atoms with Crippen LogP contribution < -0.4 is 5.73 Å². The molecule has 2 rings (SSSR count). The summed E-state index contributed by atoms with van der Waals surface area (Å²) in [5.74, 6) is 0. The number of hydrogen-bond donors (Lipinski definition) is 1. The Morgan fingerprint density at radius 2 is 2.00 bits per heavy atom. The highest BCUT2D eigenvalue weighted by Gasteiger charge is 2.13. The number of halogens is 2. The molecule has 0 aliphatic carbocycles. The Morgan fingerprint density at radius 3 is 2.47 bits per heavy atom. The Labute approximate surface area is 110 Å². The van der Waals surface area contributed by atoms with Crippen molar-refractivity contribution in [3.8, 4) is 5.69 Å². The lowest BCUT2D eigenvalue weighted by Crippen LogP contribution is -2.02. The van der Waals surface area contributed by atoms with Crippen LogP contribution in [-0.4, -0.2) is 9.78 Å². The van der Waals surface area contributed by atoms with Crippen molar-refractivity contribution in [3.63, 3.8) is 0 Å². The first-order valence-corrected chi connectivity index (χ1v) is 6.00. The van der Waals surface area contributed by atoms with E-state index >= 15 is 0 Å². The number of nitrogens with zero attached hydrogens (tertiary/aromatic N) is 2. The minimum absolute atomic E-state index is 0.470. The first kappa shape index (κ1) is 12.4. The van der Waals surface area contributed by atoms with E-state index in [1.807, 2.05) is 32.0 Å². The van der Waals surface area contributed by atoms with Crippen molar-refractivity contribution in [2.75, 3.05) is 0 Å². The molecular weight excluding hydrogens is 257 g/mol. The largest absolute Gasteiger partial charge is 0.326 e. The molecule has 0 aliphatic heterocycles. The lowest BCUT2D eigenvalue weighted by atomic mass is 10.2. The predicted molar refractivity (Wildman–Crippen MR) is 70.9 cm³/mol. The maximum absolute atomic E-state index is 6.22. The number of nitrogens with two attached hydrogens (primary N) is 1. The molecule has 0 saturated carbocycles. The van der Waals surface area contributed by atoms with Crippen molar-refractivity contribution >= 4 is 23.2 Å². The van der Waals surface area contributed by atoms with E-state index in [2.05, 4.69) is 5.10 Å². The fourth-order valence-electron chi connectivity index (χ4n) is 1.71. The van der Waals surface area contributed by atoms with Gasteiger partial charge in [0.25, 0.3) is 0 Å². The Bertz CT molecular complexity index is 561. The minimum Gasteiger partial charge on any atom is -0.326 e. The van der Waals surface area contributed by atoms with Gasteiger partial charge in [-0.2, -0.15) is 5.10 Å². The van der Waals surface area contributed by atoms with Crippen molar-refractivity contribution in [2.45, 2.75) is 20.4 Å². The standard InChI is InChI=1S/C12H13Cl2N3/c1-7-12(14)8(2)17(16-7)11-4-3-9(6-15)5-10(11)13/h3-5H,6,15H2,1-2H3. The minimum atomic E-state index is 0.470. The van der Waals surface area contributed by atoms with Gasteiger partial charge in [0.1, 0.15) is 0 Å². The molecule has 1 aromatic carbocycles. The number of rotatable bonds is 2. The van der Waals surface area contributed by atoms with Gasteiger partial charge in [-0.1, -0.05) is 29.3 Å². The van der Waals surface area contributed by atoms with Gasteiger partial charge in [0.15, 0.2) is 0 Å². The smallest absolute Gasteiger partial charge is 0.0848 e. The molecule has 5 heteroatoms. The molecule has 3 nitrogen and oxygen atoms in total. The van der Waals surface area contributed by atoms with E-state index in [-0.39, 0.29) is 0 Å². The van der Waals surface area contributed by atoms with E-state index in [1.165, 1.54) is 0 Å². The maximum Gasteiger partial charge on any atom is 0.0848 e. The first-order valence-electron chi connectivity index (χ1n) is 5.25. The van der Waals surface area contributed by atoms with Crippen LogP contribution in [0.5, 0.6) is 0 Å². The Morgan fingerprint density at radius 1 is 1.29 bits per heavy atom. The molecule has 17 heavy (non-hydrogen) atoms. The second-order valence-corrected chi connectivity index (χ2v) is 4.67. The van der Waals surface area contributed by atoms with Gasteiger partial charge >= 0.3 is 0 Å². The zero-order valence-electron chi connectivity index (χ0n) is 9.67. The molecule has 1 aromatic heterocycles. The molecule has 1 heterocycles. The van der Waals surface area contributed by atoms with Crippen LogP contribution in [0.3, 0.4) is 0 Å². The van der Waals surface area contributed by atoms with Gasteiger partial charge in [-0.15, -0.1) is 0 Å². The average molecular weight is 270 g/mol. The van der Waals surface area contributed by atoms with Crippen LogP contribution in [0.2, 0.25) is 10.0 Å². The van der Waals surface area contributed by atoms with Crippen LogP contribution in [0.4, 0.5) is 0 Å². The molecule has 0 saturated heterocycles. The second-order valence-electron chi connectivity index (χ2n) is 3.89. The normalized spacial score (nSPS) is 10.9. The van der Waals surface area contributed by atoms with Crippen molar-refractivity contribution in [3.05, 3.63) is 45.2 Å². The molecule has 90 valence electrons. The monoisotopic (exact) mass is 269 g/mol. The van der Waals surface area contributed by atoms with Gasteiger partial charge in [-0.05, 0) is 31.5 Å². The van der Waals surface area contributed by atoms with Crippen LogP contribution in [0, 0.1) is 13.8 Å². The number of benzene rings is 1. The summed E-state index contributed by atoms with van der Waals surface area (Å²) in [5.41, 5.74) is 9.05. The molecule has 2 aromatic rings. The van der Waals surface area contributed by atoms with Crippen molar-refractivity contribution in [1.29, 1.82) is 0 Å². The van der Waals surface area contributed by atoms with Crippen molar-refractivity contribution < 1.29 is 0 Å². The SMILES string of the molecule is Cc1nn(-c2ccc(CN)cc2Cl)c(C)c1Cl. The molecule has 0 spiro atoms. The third kappa shape index (κ3) is 2.18. The summed E-state index contributed by atoms with van der Waals surface area (Å²) in [7, 11) is 0. The lowest BCUT2D eigenvalue weighted by molar-refractivity contribution is 0.832. The summed E-state index contributed by atoms with van der Waals surface area (Å²) in [6, 6.07) is 5.69. The maximum atomic E-state index is 6.22. The zero-order valence-corrected chi connectivity index (χ0v) is 11.2.